The first-order chi connectivity index (χ1) is 13.8. The highest BCUT2D eigenvalue weighted by Crippen LogP contribution is 2.39. The predicted molar refractivity (Wildman–Crippen MR) is 113 cm³/mol. The molecule has 0 saturated carbocycles. The molecule has 2 aromatic carbocycles. The fraction of sp³-hybridized carbons (Fsp3) is 0.348. The number of nitrogens with zero attached hydrogens (tertiary/aromatic N) is 2. The highest BCUT2D eigenvalue weighted by molar-refractivity contribution is 7.09. The van der Waals surface area contributed by atoms with Gasteiger partial charge in [0.15, 0.2) is 0 Å². The van der Waals surface area contributed by atoms with E-state index in [2.05, 4.69) is 46.7 Å². The zero-order valence-electron chi connectivity index (χ0n) is 16.4. The van der Waals surface area contributed by atoms with Crippen molar-refractivity contribution in [2.24, 2.45) is 0 Å². The number of likely N-dealkylation sites (tertiary alicyclic amines) is 1. The Labute approximate surface area is 170 Å². The van der Waals surface area contributed by atoms with Crippen LogP contribution in [0.3, 0.4) is 0 Å². The van der Waals surface area contributed by atoms with Gasteiger partial charge in [0.25, 0.3) is 0 Å². The SMILES string of the molecule is COc1ccc([C@@H]2CCCN2Cc2csc(Cc3ccccc3)n2)c(OC)c1. The molecule has 0 bridgehead atoms. The first-order valence-electron chi connectivity index (χ1n) is 9.70. The van der Waals surface area contributed by atoms with Crippen molar-refractivity contribution in [2.75, 3.05) is 20.8 Å². The van der Waals surface area contributed by atoms with Gasteiger partial charge >= 0.3 is 0 Å². The number of rotatable bonds is 7. The van der Waals surface area contributed by atoms with Crippen LogP contribution in [0.2, 0.25) is 0 Å². The highest BCUT2D eigenvalue weighted by atomic mass is 32.1. The van der Waals surface area contributed by atoms with Crippen molar-refractivity contribution < 1.29 is 9.47 Å². The fourth-order valence-corrected chi connectivity index (χ4v) is 4.76. The van der Waals surface area contributed by atoms with E-state index >= 15 is 0 Å². The molecular weight excluding hydrogens is 368 g/mol. The molecule has 5 heteroatoms. The lowest BCUT2D eigenvalue weighted by molar-refractivity contribution is 0.240. The van der Waals surface area contributed by atoms with Crippen LogP contribution in [0.15, 0.2) is 53.9 Å². The van der Waals surface area contributed by atoms with Crippen molar-refractivity contribution in [3.8, 4) is 11.5 Å². The van der Waals surface area contributed by atoms with Crippen molar-refractivity contribution in [1.82, 2.24) is 9.88 Å². The largest absolute Gasteiger partial charge is 0.497 e. The third-order valence-electron chi connectivity index (χ3n) is 5.33. The molecule has 3 aromatic rings. The van der Waals surface area contributed by atoms with E-state index in [4.69, 9.17) is 14.5 Å². The average Bonchev–Trinajstić information content (AvgIpc) is 3.38. The van der Waals surface area contributed by atoms with Crippen LogP contribution >= 0.6 is 11.3 Å². The molecule has 1 aliphatic rings. The van der Waals surface area contributed by atoms with Crippen molar-refractivity contribution >= 4 is 11.3 Å². The molecule has 0 amide bonds. The monoisotopic (exact) mass is 394 g/mol. The first kappa shape index (κ1) is 19.0. The molecule has 4 rings (SSSR count). The van der Waals surface area contributed by atoms with E-state index in [1.165, 1.54) is 22.6 Å². The summed E-state index contributed by atoms with van der Waals surface area (Å²) in [5, 5.41) is 3.39. The van der Waals surface area contributed by atoms with Gasteiger partial charge in [-0.05, 0) is 31.0 Å². The van der Waals surface area contributed by atoms with Crippen LogP contribution in [0.5, 0.6) is 11.5 Å². The summed E-state index contributed by atoms with van der Waals surface area (Å²) in [6.07, 6.45) is 3.24. The maximum Gasteiger partial charge on any atom is 0.127 e. The molecule has 0 unspecified atom stereocenters. The van der Waals surface area contributed by atoms with Crippen LogP contribution in [0.4, 0.5) is 0 Å². The van der Waals surface area contributed by atoms with Crippen LogP contribution in [0.1, 0.15) is 40.7 Å². The van der Waals surface area contributed by atoms with Gasteiger partial charge in [0.1, 0.15) is 11.5 Å². The number of thiazole rings is 1. The van der Waals surface area contributed by atoms with Gasteiger partial charge < -0.3 is 9.47 Å². The van der Waals surface area contributed by atoms with Gasteiger partial charge in [-0.2, -0.15) is 0 Å². The van der Waals surface area contributed by atoms with Gasteiger partial charge in [0.05, 0.1) is 24.9 Å². The highest BCUT2D eigenvalue weighted by Gasteiger charge is 2.29. The van der Waals surface area contributed by atoms with Gasteiger partial charge in [0, 0.05) is 36.0 Å². The standard InChI is InChI=1S/C23H26N2O2S/c1-26-19-10-11-20(22(14-19)27-2)21-9-6-12-25(21)15-18-16-28-23(24-18)13-17-7-4-3-5-8-17/h3-5,7-8,10-11,14,16,21H,6,9,12-13,15H2,1-2H3/t21-/m0/s1. The second kappa shape index (κ2) is 8.76. The Kier molecular flexibility index (Phi) is 5.93. The Hall–Kier alpha value is -2.37. The molecule has 4 nitrogen and oxygen atoms in total. The molecule has 1 aromatic heterocycles. The number of methoxy groups -OCH3 is 2. The minimum absolute atomic E-state index is 0.361. The third kappa shape index (κ3) is 4.21. The molecule has 2 heterocycles. The summed E-state index contributed by atoms with van der Waals surface area (Å²) in [5.41, 5.74) is 3.71. The van der Waals surface area contributed by atoms with Crippen LogP contribution < -0.4 is 9.47 Å². The molecular formula is C23H26N2O2S. The van der Waals surface area contributed by atoms with Crippen LogP contribution in [-0.4, -0.2) is 30.6 Å². The summed E-state index contributed by atoms with van der Waals surface area (Å²) in [4.78, 5) is 7.41. The van der Waals surface area contributed by atoms with E-state index in [0.717, 1.165) is 43.1 Å². The minimum Gasteiger partial charge on any atom is -0.497 e. The predicted octanol–water partition coefficient (Wildman–Crippen LogP) is 5.09. The van der Waals surface area contributed by atoms with Gasteiger partial charge in [-0.1, -0.05) is 36.4 Å². The van der Waals surface area contributed by atoms with Crippen molar-refractivity contribution in [3.63, 3.8) is 0 Å². The third-order valence-corrected chi connectivity index (χ3v) is 6.22. The summed E-state index contributed by atoms with van der Waals surface area (Å²) >= 11 is 1.76. The number of hydrogen-bond donors (Lipinski definition) is 0. The van der Waals surface area contributed by atoms with Crippen molar-refractivity contribution in [1.29, 1.82) is 0 Å². The van der Waals surface area contributed by atoms with Crippen LogP contribution in [0, 0.1) is 0 Å². The second-order valence-corrected chi connectivity index (χ2v) is 8.07. The zero-order valence-corrected chi connectivity index (χ0v) is 17.2. The zero-order chi connectivity index (χ0) is 19.3. The lowest BCUT2D eigenvalue weighted by Gasteiger charge is -2.25. The van der Waals surface area contributed by atoms with Gasteiger partial charge in [-0.15, -0.1) is 11.3 Å². The quantitative estimate of drug-likeness (QED) is 0.559. The van der Waals surface area contributed by atoms with Gasteiger partial charge in [-0.25, -0.2) is 4.98 Å². The average molecular weight is 395 g/mol. The molecule has 1 saturated heterocycles. The van der Waals surface area contributed by atoms with Gasteiger partial charge in [0.2, 0.25) is 0 Å². The van der Waals surface area contributed by atoms with Crippen LogP contribution in [0.25, 0.3) is 0 Å². The van der Waals surface area contributed by atoms with E-state index in [1.54, 1.807) is 25.6 Å². The first-order valence-corrected chi connectivity index (χ1v) is 10.6. The summed E-state index contributed by atoms with van der Waals surface area (Å²) in [6, 6.07) is 17.0. The fourth-order valence-electron chi connectivity index (χ4n) is 3.94. The van der Waals surface area contributed by atoms with E-state index in [-0.39, 0.29) is 0 Å². The Morgan fingerprint density at radius 3 is 2.75 bits per heavy atom. The summed E-state index contributed by atoms with van der Waals surface area (Å²) in [5.74, 6) is 1.73. The van der Waals surface area contributed by atoms with Crippen molar-refractivity contribution in [2.45, 2.75) is 31.8 Å². The number of hydrogen-bond acceptors (Lipinski definition) is 5. The molecule has 1 aliphatic heterocycles. The number of aromatic nitrogens is 1. The molecule has 1 fully saturated rings. The lowest BCUT2D eigenvalue weighted by atomic mass is 10.0. The van der Waals surface area contributed by atoms with Gasteiger partial charge in [-0.3, -0.25) is 4.90 Å². The van der Waals surface area contributed by atoms with E-state index < -0.39 is 0 Å². The normalized spacial score (nSPS) is 17.0. The van der Waals surface area contributed by atoms with E-state index in [1.807, 2.05) is 12.1 Å². The second-order valence-electron chi connectivity index (χ2n) is 7.13. The molecule has 0 spiro atoms. The Bertz CT molecular complexity index is 910. The Morgan fingerprint density at radius 1 is 1.11 bits per heavy atom. The molecule has 0 radical (unpaired) electrons. The maximum absolute atomic E-state index is 5.65. The van der Waals surface area contributed by atoms with Crippen molar-refractivity contribution in [3.05, 3.63) is 75.7 Å². The molecule has 0 N–H and O–H groups in total. The maximum atomic E-state index is 5.65. The smallest absolute Gasteiger partial charge is 0.127 e. The van der Waals surface area contributed by atoms with E-state index in [0.29, 0.717) is 6.04 Å². The lowest BCUT2D eigenvalue weighted by Crippen LogP contribution is -2.23. The molecule has 28 heavy (non-hydrogen) atoms. The Morgan fingerprint density at radius 2 is 1.96 bits per heavy atom. The summed E-state index contributed by atoms with van der Waals surface area (Å²) in [6.45, 7) is 1.97. The summed E-state index contributed by atoms with van der Waals surface area (Å²) in [7, 11) is 3.42. The Balaban J connectivity index is 1.48. The molecule has 0 aliphatic carbocycles. The molecule has 146 valence electrons. The molecule has 1 atom stereocenters. The summed E-state index contributed by atoms with van der Waals surface area (Å²) < 4.78 is 11.0. The van der Waals surface area contributed by atoms with Crippen LogP contribution in [-0.2, 0) is 13.0 Å². The number of ether oxygens (including phenoxy) is 2. The topological polar surface area (TPSA) is 34.6 Å². The van der Waals surface area contributed by atoms with E-state index in [9.17, 15) is 0 Å². The number of benzene rings is 2. The minimum atomic E-state index is 0.361.